The molecule has 0 bridgehead atoms. The fraction of sp³-hybridized carbons (Fsp3) is 0.500. The van der Waals surface area contributed by atoms with Crippen molar-refractivity contribution >= 4 is 34.2 Å². The highest BCUT2D eigenvalue weighted by atomic mass is 127. The SMILES string of the molecule is O=c1c(I)cncn1CCOCCCl. The molecule has 78 valence electrons. The van der Waals surface area contributed by atoms with Crippen LogP contribution in [-0.4, -0.2) is 28.6 Å². The Labute approximate surface area is 100 Å². The summed E-state index contributed by atoms with van der Waals surface area (Å²) in [5, 5.41) is 0. The van der Waals surface area contributed by atoms with Gasteiger partial charge in [-0.1, -0.05) is 0 Å². The summed E-state index contributed by atoms with van der Waals surface area (Å²) in [6.07, 6.45) is 3.05. The molecule has 0 atom stereocenters. The van der Waals surface area contributed by atoms with E-state index in [1.165, 1.54) is 10.9 Å². The van der Waals surface area contributed by atoms with Crippen molar-refractivity contribution in [2.24, 2.45) is 0 Å². The highest BCUT2D eigenvalue weighted by molar-refractivity contribution is 14.1. The van der Waals surface area contributed by atoms with E-state index in [2.05, 4.69) is 4.98 Å². The minimum Gasteiger partial charge on any atom is -0.378 e. The van der Waals surface area contributed by atoms with Crippen LogP contribution in [0.3, 0.4) is 0 Å². The maximum atomic E-state index is 11.5. The molecule has 0 aromatic carbocycles. The van der Waals surface area contributed by atoms with Crippen molar-refractivity contribution in [2.75, 3.05) is 19.1 Å². The summed E-state index contributed by atoms with van der Waals surface area (Å²) in [5.74, 6) is 0.472. The number of nitrogens with zero attached hydrogens (tertiary/aromatic N) is 2. The summed E-state index contributed by atoms with van der Waals surface area (Å²) in [6.45, 7) is 1.50. The molecule has 1 rings (SSSR count). The summed E-state index contributed by atoms with van der Waals surface area (Å²) in [5.41, 5.74) is -0.0323. The normalized spacial score (nSPS) is 10.4. The van der Waals surface area contributed by atoms with Crippen molar-refractivity contribution in [3.8, 4) is 0 Å². The molecule has 14 heavy (non-hydrogen) atoms. The largest absolute Gasteiger partial charge is 0.378 e. The Kier molecular flexibility index (Phi) is 5.42. The van der Waals surface area contributed by atoms with Gasteiger partial charge in [0.1, 0.15) is 0 Å². The fourth-order valence-corrected chi connectivity index (χ4v) is 1.48. The molecule has 0 aliphatic rings. The van der Waals surface area contributed by atoms with Gasteiger partial charge >= 0.3 is 0 Å². The molecule has 0 spiro atoms. The Morgan fingerprint density at radius 1 is 1.57 bits per heavy atom. The van der Waals surface area contributed by atoms with E-state index in [9.17, 15) is 4.79 Å². The van der Waals surface area contributed by atoms with Crippen LogP contribution in [0.15, 0.2) is 17.3 Å². The minimum atomic E-state index is -0.0323. The maximum absolute atomic E-state index is 11.5. The van der Waals surface area contributed by atoms with Crippen LogP contribution in [0.1, 0.15) is 0 Å². The lowest BCUT2D eigenvalue weighted by Crippen LogP contribution is -2.24. The van der Waals surface area contributed by atoms with Gasteiger partial charge in [0.2, 0.25) is 0 Å². The van der Waals surface area contributed by atoms with Crippen molar-refractivity contribution in [3.63, 3.8) is 0 Å². The first-order chi connectivity index (χ1) is 6.75. The average molecular weight is 329 g/mol. The zero-order valence-corrected chi connectivity index (χ0v) is 10.4. The first kappa shape index (κ1) is 11.9. The van der Waals surface area contributed by atoms with Gasteiger partial charge in [-0.3, -0.25) is 9.36 Å². The van der Waals surface area contributed by atoms with Gasteiger partial charge < -0.3 is 4.74 Å². The second-order valence-electron chi connectivity index (χ2n) is 2.54. The minimum absolute atomic E-state index is 0.0323. The third kappa shape index (κ3) is 3.55. The second-order valence-corrected chi connectivity index (χ2v) is 4.08. The molecule has 1 aromatic heterocycles. The summed E-state index contributed by atoms with van der Waals surface area (Å²) in [4.78, 5) is 15.4. The van der Waals surface area contributed by atoms with E-state index in [1.807, 2.05) is 22.6 Å². The molecule has 0 radical (unpaired) electrons. The molecule has 0 aliphatic carbocycles. The predicted octanol–water partition coefficient (Wildman–Crippen LogP) is 1.10. The number of hydrogen-bond acceptors (Lipinski definition) is 3. The van der Waals surface area contributed by atoms with E-state index in [0.717, 1.165) is 0 Å². The van der Waals surface area contributed by atoms with Crippen LogP contribution in [0.5, 0.6) is 0 Å². The summed E-state index contributed by atoms with van der Waals surface area (Å²) >= 11 is 7.39. The second kappa shape index (κ2) is 6.36. The fourth-order valence-electron chi connectivity index (χ4n) is 0.903. The van der Waals surface area contributed by atoms with Crippen molar-refractivity contribution in [3.05, 3.63) is 26.4 Å². The molecule has 0 amide bonds. The average Bonchev–Trinajstić information content (AvgIpc) is 2.19. The Bertz CT molecular complexity index is 342. The van der Waals surface area contributed by atoms with Crippen molar-refractivity contribution < 1.29 is 4.74 Å². The van der Waals surface area contributed by atoms with Crippen LogP contribution in [0.2, 0.25) is 0 Å². The number of alkyl halides is 1. The predicted molar refractivity (Wildman–Crippen MR) is 62.8 cm³/mol. The summed E-state index contributed by atoms with van der Waals surface area (Å²) in [7, 11) is 0. The van der Waals surface area contributed by atoms with Crippen LogP contribution in [-0.2, 0) is 11.3 Å². The highest BCUT2D eigenvalue weighted by Gasteiger charge is 1.99. The first-order valence-corrected chi connectivity index (χ1v) is 5.70. The monoisotopic (exact) mass is 328 g/mol. The topological polar surface area (TPSA) is 44.1 Å². The van der Waals surface area contributed by atoms with E-state index in [0.29, 0.717) is 29.2 Å². The number of rotatable bonds is 5. The molecule has 0 saturated carbocycles. The number of aromatic nitrogens is 2. The molecule has 0 saturated heterocycles. The number of ether oxygens (including phenoxy) is 1. The smallest absolute Gasteiger partial charge is 0.266 e. The third-order valence-corrected chi connectivity index (χ3v) is 2.45. The lowest BCUT2D eigenvalue weighted by atomic mass is 10.6. The molecule has 4 nitrogen and oxygen atoms in total. The third-order valence-electron chi connectivity index (χ3n) is 1.56. The Hall–Kier alpha value is -0.140. The Balaban J connectivity index is 2.51. The van der Waals surface area contributed by atoms with E-state index in [1.54, 1.807) is 6.20 Å². The zero-order valence-electron chi connectivity index (χ0n) is 7.45. The van der Waals surface area contributed by atoms with Gasteiger partial charge in [0.25, 0.3) is 5.56 Å². The van der Waals surface area contributed by atoms with Gasteiger partial charge in [-0.15, -0.1) is 11.6 Å². The van der Waals surface area contributed by atoms with E-state index in [4.69, 9.17) is 16.3 Å². The van der Waals surface area contributed by atoms with Crippen molar-refractivity contribution in [1.29, 1.82) is 0 Å². The molecule has 1 aromatic rings. The van der Waals surface area contributed by atoms with Crippen molar-refractivity contribution in [2.45, 2.75) is 6.54 Å². The van der Waals surface area contributed by atoms with Crippen LogP contribution in [0.4, 0.5) is 0 Å². The molecule has 0 N–H and O–H groups in total. The van der Waals surface area contributed by atoms with E-state index in [-0.39, 0.29) is 5.56 Å². The maximum Gasteiger partial charge on any atom is 0.266 e. The molecule has 0 unspecified atom stereocenters. The molecule has 0 aliphatic heterocycles. The zero-order chi connectivity index (χ0) is 10.4. The Morgan fingerprint density at radius 2 is 2.36 bits per heavy atom. The Morgan fingerprint density at radius 3 is 3.07 bits per heavy atom. The van der Waals surface area contributed by atoms with Gasteiger partial charge in [-0.2, -0.15) is 0 Å². The standard InChI is InChI=1S/C8H10ClIN2O2/c9-1-3-14-4-2-12-6-11-5-7(10)8(12)13/h5-6H,1-4H2. The number of hydrogen-bond donors (Lipinski definition) is 0. The van der Waals surface area contributed by atoms with E-state index >= 15 is 0 Å². The quantitative estimate of drug-likeness (QED) is 0.462. The van der Waals surface area contributed by atoms with Crippen LogP contribution in [0, 0.1) is 3.57 Å². The molecule has 1 heterocycles. The van der Waals surface area contributed by atoms with Gasteiger partial charge in [0.15, 0.2) is 0 Å². The molecule has 6 heteroatoms. The first-order valence-electron chi connectivity index (χ1n) is 4.09. The van der Waals surface area contributed by atoms with Gasteiger partial charge in [0.05, 0.1) is 29.7 Å². The van der Waals surface area contributed by atoms with Crippen LogP contribution >= 0.6 is 34.2 Å². The number of halogens is 2. The summed E-state index contributed by atoms with van der Waals surface area (Å²) < 4.78 is 7.30. The van der Waals surface area contributed by atoms with Crippen molar-refractivity contribution in [1.82, 2.24) is 9.55 Å². The lowest BCUT2D eigenvalue weighted by molar-refractivity contribution is 0.139. The van der Waals surface area contributed by atoms with Crippen LogP contribution in [0.25, 0.3) is 0 Å². The summed E-state index contributed by atoms with van der Waals surface area (Å²) in [6, 6.07) is 0. The van der Waals surface area contributed by atoms with Gasteiger partial charge in [-0.05, 0) is 22.6 Å². The molecular weight excluding hydrogens is 318 g/mol. The highest BCUT2D eigenvalue weighted by Crippen LogP contribution is 1.93. The van der Waals surface area contributed by atoms with E-state index < -0.39 is 0 Å². The van der Waals surface area contributed by atoms with Crippen LogP contribution < -0.4 is 5.56 Å². The molecular formula is C8H10ClIN2O2. The molecule has 0 fully saturated rings. The van der Waals surface area contributed by atoms with Gasteiger partial charge in [0, 0.05) is 12.1 Å². The van der Waals surface area contributed by atoms with Gasteiger partial charge in [-0.25, -0.2) is 4.98 Å². The lowest BCUT2D eigenvalue weighted by Gasteiger charge is -2.05.